The van der Waals surface area contributed by atoms with Crippen molar-refractivity contribution in [1.29, 1.82) is 0 Å². The standard InChI is InChI=1S/C15H25NS/c1-4-5-6-7-8-11-16-13(2)12-15-10-9-14(3)17-15/h4,9-10,13,16H,1,5-8,11-12H2,2-3H3. The third-order valence-electron chi connectivity index (χ3n) is 2.88. The van der Waals surface area contributed by atoms with Crippen LogP contribution in [0.2, 0.25) is 0 Å². The van der Waals surface area contributed by atoms with E-state index in [0.29, 0.717) is 6.04 Å². The van der Waals surface area contributed by atoms with Crippen molar-refractivity contribution < 1.29 is 0 Å². The Hall–Kier alpha value is -0.600. The zero-order chi connectivity index (χ0) is 12.5. The molecule has 0 fully saturated rings. The lowest BCUT2D eigenvalue weighted by Crippen LogP contribution is -2.28. The molecular formula is C15H25NS. The smallest absolute Gasteiger partial charge is 0.00870 e. The van der Waals surface area contributed by atoms with Crippen LogP contribution in [0.25, 0.3) is 0 Å². The largest absolute Gasteiger partial charge is 0.314 e. The number of nitrogens with one attached hydrogen (secondary N) is 1. The highest BCUT2D eigenvalue weighted by molar-refractivity contribution is 7.11. The van der Waals surface area contributed by atoms with Crippen LogP contribution in [-0.4, -0.2) is 12.6 Å². The zero-order valence-electron chi connectivity index (χ0n) is 11.2. The van der Waals surface area contributed by atoms with Crippen molar-refractivity contribution in [2.45, 2.75) is 52.0 Å². The summed E-state index contributed by atoms with van der Waals surface area (Å²) in [5.74, 6) is 0. The fraction of sp³-hybridized carbons (Fsp3) is 0.600. The summed E-state index contributed by atoms with van der Waals surface area (Å²) in [4.78, 5) is 2.91. The molecule has 0 aliphatic carbocycles. The molecule has 0 amide bonds. The molecule has 1 nitrogen and oxygen atoms in total. The average Bonchev–Trinajstić information content (AvgIpc) is 2.69. The first-order chi connectivity index (χ1) is 8.22. The fourth-order valence-corrected chi connectivity index (χ4v) is 2.93. The number of unbranched alkanes of at least 4 members (excludes halogenated alkanes) is 3. The van der Waals surface area contributed by atoms with E-state index in [1.54, 1.807) is 0 Å². The van der Waals surface area contributed by atoms with Gasteiger partial charge in [0.25, 0.3) is 0 Å². The SMILES string of the molecule is C=CCCCCCNC(C)Cc1ccc(C)s1. The molecule has 2 heteroatoms. The molecular weight excluding hydrogens is 226 g/mol. The van der Waals surface area contributed by atoms with Gasteiger partial charge in [-0.15, -0.1) is 17.9 Å². The van der Waals surface area contributed by atoms with Crippen LogP contribution in [0.1, 0.15) is 42.4 Å². The minimum absolute atomic E-state index is 0.590. The lowest BCUT2D eigenvalue weighted by atomic mass is 10.1. The van der Waals surface area contributed by atoms with Crippen LogP contribution in [0.4, 0.5) is 0 Å². The minimum atomic E-state index is 0.590. The van der Waals surface area contributed by atoms with Crippen LogP contribution in [0.5, 0.6) is 0 Å². The predicted molar refractivity (Wildman–Crippen MR) is 78.9 cm³/mol. The highest BCUT2D eigenvalue weighted by atomic mass is 32.1. The first-order valence-electron chi connectivity index (χ1n) is 6.62. The van der Waals surface area contributed by atoms with Crippen LogP contribution in [0, 0.1) is 6.92 Å². The van der Waals surface area contributed by atoms with Gasteiger partial charge < -0.3 is 5.32 Å². The van der Waals surface area contributed by atoms with Gasteiger partial charge in [0.1, 0.15) is 0 Å². The molecule has 0 spiro atoms. The van der Waals surface area contributed by atoms with E-state index in [2.05, 4.69) is 37.9 Å². The Morgan fingerprint density at radius 1 is 1.35 bits per heavy atom. The zero-order valence-corrected chi connectivity index (χ0v) is 12.0. The molecule has 0 radical (unpaired) electrons. The number of rotatable bonds is 9. The highest BCUT2D eigenvalue weighted by Crippen LogP contribution is 2.16. The van der Waals surface area contributed by atoms with E-state index in [9.17, 15) is 0 Å². The quantitative estimate of drug-likeness (QED) is 0.509. The van der Waals surface area contributed by atoms with Gasteiger partial charge in [-0.25, -0.2) is 0 Å². The van der Waals surface area contributed by atoms with Crippen molar-refractivity contribution in [2.75, 3.05) is 6.54 Å². The van der Waals surface area contributed by atoms with Crippen LogP contribution >= 0.6 is 11.3 Å². The first kappa shape index (κ1) is 14.5. The summed E-state index contributed by atoms with van der Waals surface area (Å²) >= 11 is 1.92. The molecule has 0 bridgehead atoms. The Morgan fingerprint density at radius 2 is 2.18 bits per heavy atom. The molecule has 96 valence electrons. The molecule has 1 aromatic rings. The number of hydrogen-bond donors (Lipinski definition) is 1. The third kappa shape index (κ3) is 6.64. The average molecular weight is 251 g/mol. The first-order valence-corrected chi connectivity index (χ1v) is 7.43. The third-order valence-corrected chi connectivity index (χ3v) is 3.90. The van der Waals surface area contributed by atoms with Gasteiger partial charge in [0.05, 0.1) is 0 Å². The van der Waals surface area contributed by atoms with Gasteiger partial charge in [0.2, 0.25) is 0 Å². The molecule has 1 unspecified atom stereocenters. The van der Waals surface area contributed by atoms with Crippen LogP contribution in [0.3, 0.4) is 0 Å². The maximum Gasteiger partial charge on any atom is 0.00870 e. The van der Waals surface area contributed by atoms with Crippen molar-refractivity contribution in [2.24, 2.45) is 0 Å². The van der Waals surface area contributed by atoms with E-state index in [0.717, 1.165) is 19.4 Å². The Bertz CT molecular complexity index is 316. The number of thiophene rings is 1. The number of aryl methyl sites for hydroxylation is 1. The van der Waals surface area contributed by atoms with Gasteiger partial charge in [0.15, 0.2) is 0 Å². The monoisotopic (exact) mass is 251 g/mol. The Labute approximate surface area is 110 Å². The van der Waals surface area contributed by atoms with Crippen LogP contribution in [0.15, 0.2) is 24.8 Å². The van der Waals surface area contributed by atoms with Gasteiger partial charge in [-0.2, -0.15) is 0 Å². The Balaban J connectivity index is 2.05. The van der Waals surface area contributed by atoms with Gasteiger partial charge in [-0.05, 0) is 58.2 Å². The van der Waals surface area contributed by atoms with E-state index in [4.69, 9.17) is 0 Å². The highest BCUT2D eigenvalue weighted by Gasteiger charge is 2.04. The molecule has 1 aromatic heterocycles. The Morgan fingerprint density at radius 3 is 2.82 bits per heavy atom. The van der Waals surface area contributed by atoms with E-state index in [1.807, 2.05) is 17.4 Å². The van der Waals surface area contributed by atoms with E-state index in [1.165, 1.54) is 29.0 Å². The fourth-order valence-electron chi connectivity index (χ4n) is 1.91. The van der Waals surface area contributed by atoms with Crippen molar-refractivity contribution in [1.82, 2.24) is 5.32 Å². The summed E-state index contributed by atoms with van der Waals surface area (Å²) in [7, 11) is 0. The van der Waals surface area contributed by atoms with E-state index >= 15 is 0 Å². The van der Waals surface area contributed by atoms with Gasteiger partial charge in [-0.1, -0.05) is 12.5 Å². The number of allylic oxidation sites excluding steroid dienone is 1. The molecule has 0 saturated heterocycles. The lowest BCUT2D eigenvalue weighted by molar-refractivity contribution is 0.522. The second-order valence-corrected chi connectivity index (χ2v) is 6.08. The lowest BCUT2D eigenvalue weighted by Gasteiger charge is -2.12. The van der Waals surface area contributed by atoms with Crippen LogP contribution in [-0.2, 0) is 6.42 Å². The summed E-state index contributed by atoms with van der Waals surface area (Å²) < 4.78 is 0. The van der Waals surface area contributed by atoms with E-state index < -0.39 is 0 Å². The molecule has 17 heavy (non-hydrogen) atoms. The maximum absolute atomic E-state index is 3.74. The second kappa shape index (κ2) is 8.48. The van der Waals surface area contributed by atoms with Crippen molar-refractivity contribution in [3.8, 4) is 0 Å². The normalized spacial score (nSPS) is 12.6. The second-order valence-electron chi connectivity index (χ2n) is 4.71. The van der Waals surface area contributed by atoms with Crippen LogP contribution < -0.4 is 5.32 Å². The maximum atomic E-state index is 3.74. The number of hydrogen-bond acceptors (Lipinski definition) is 2. The summed E-state index contributed by atoms with van der Waals surface area (Å²) in [5, 5.41) is 3.60. The summed E-state index contributed by atoms with van der Waals surface area (Å²) in [5.41, 5.74) is 0. The summed E-state index contributed by atoms with van der Waals surface area (Å²) in [6.07, 6.45) is 8.19. The van der Waals surface area contributed by atoms with Gasteiger partial charge in [0, 0.05) is 15.8 Å². The topological polar surface area (TPSA) is 12.0 Å². The van der Waals surface area contributed by atoms with Gasteiger partial charge in [-0.3, -0.25) is 0 Å². The molecule has 0 aromatic carbocycles. The molecule has 1 rings (SSSR count). The molecule has 0 aliphatic heterocycles. The summed E-state index contributed by atoms with van der Waals surface area (Å²) in [6, 6.07) is 5.05. The van der Waals surface area contributed by atoms with Crippen molar-refractivity contribution >= 4 is 11.3 Å². The minimum Gasteiger partial charge on any atom is -0.314 e. The van der Waals surface area contributed by atoms with Crippen molar-refractivity contribution in [3.05, 3.63) is 34.5 Å². The summed E-state index contributed by atoms with van der Waals surface area (Å²) in [6.45, 7) is 9.33. The molecule has 1 heterocycles. The predicted octanol–water partition coefficient (Wildman–Crippen LogP) is 4.32. The molecule has 0 saturated carbocycles. The molecule has 1 atom stereocenters. The molecule has 1 N–H and O–H groups in total. The Kier molecular flexibility index (Phi) is 7.22. The van der Waals surface area contributed by atoms with Gasteiger partial charge >= 0.3 is 0 Å². The van der Waals surface area contributed by atoms with E-state index in [-0.39, 0.29) is 0 Å². The van der Waals surface area contributed by atoms with Crippen molar-refractivity contribution in [3.63, 3.8) is 0 Å². The molecule has 0 aliphatic rings.